The van der Waals surface area contributed by atoms with E-state index in [1.807, 2.05) is 25.1 Å². The van der Waals surface area contributed by atoms with Crippen LogP contribution in [0.5, 0.6) is 0 Å². The van der Waals surface area contributed by atoms with Crippen LogP contribution in [-0.2, 0) is 0 Å². The molecule has 1 aliphatic rings. The van der Waals surface area contributed by atoms with Gasteiger partial charge in [0.1, 0.15) is 5.82 Å². The number of hydrogen-bond acceptors (Lipinski definition) is 6. The smallest absolute Gasteiger partial charge is 0.258 e. The lowest BCUT2D eigenvalue weighted by molar-refractivity contribution is 0.421. The van der Waals surface area contributed by atoms with Crippen LogP contribution in [0.25, 0.3) is 10.9 Å². The van der Waals surface area contributed by atoms with E-state index in [0.717, 1.165) is 18.7 Å². The third-order valence-corrected chi connectivity index (χ3v) is 6.03. The zero-order valence-electron chi connectivity index (χ0n) is 14.7. The molecule has 1 atom stereocenters. The number of nitrogen functional groups attached to an aromatic ring is 1. The van der Waals surface area contributed by atoms with Crippen molar-refractivity contribution in [3.63, 3.8) is 0 Å². The Bertz CT molecular complexity index is 975. The highest BCUT2D eigenvalue weighted by Gasteiger charge is 2.24. The number of para-hydroxylation sites is 1. The van der Waals surface area contributed by atoms with E-state index in [0.29, 0.717) is 27.8 Å². The highest BCUT2D eigenvalue weighted by molar-refractivity contribution is 7.99. The van der Waals surface area contributed by atoms with Crippen LogP contribution in [0.15, 0.2) is 34.2 Å². The summed E-state index contributed by atoms with van der Waals surface area (Å²) in [5.74, 6) is 8.13. The first-order chi connectivity index (χ1) is 12.6. The van der Waals surface area contributed by atoms with Gasteiger partial charge in [-0.2, -0.15) is 0 Å². The number of rotatable bonds is 4. The van der Waals surface area contributed by atoms with E-state index >= 15 is 0 Å². The molecule has 26 heavy (non-hydrogen) atoms. The molecule has 136 valence electrons. The van der Waals surface area contributed by atoms with Gasteiger partial charge in [0.25, 0.3) is 5.56 Å². The molecule has 0 spiro atoms. The average Bonchev–Trinajstić information content (AvgIpc) is 3.03. The van der Waals surface area contributed by atoms with Gasteiger partial charge in [-0.05, 0) is 31.9 Å². The van der Waals surface area contributed by atoms with Gasteiger partial charge in [0, 0.05) is 5.92 Å². The summed E-state index contributed by atoms with van der Waals surface area (Å²) in [6.45, 7) is 1.98. The van der Waals surface area contributed by atoms with E-state index in [4.69, 9.17) is 5.84 Å². The molecule has 1 fully saturated rings. The van der Waals surface area contributed by atoms with E-state index < -0.39 is 0 Å². The molecule has 0 amide bonds. The molecule has 2 aromatic heterocycles. The first kappa shape index (κ1) is 17.1. The summed E-state index contributed by atoms with van der Waals surface area (Å²) in [5.41, 5.74) is 0.561. The second-order valence-electron chi connectivity index (χ2n) is 6.77. The minimum Gasteiger partial charge on any atom is -0.336 e. The zero-order valence-corrected chi connectivity index (χ0v) is 15.5. The van der Waals surface area contributed by atoms with Crippen molar-refractivity contribution in [1.29, 1.82) is 0 Å². The number of benzene rings is 1. The number of fused-ring (bicyclic) bond motifs is 1. The predicted molar refractivity (Wildman–Crippen MR) is 103 cm³/mol. The van der Waals surface area contributed by atoms with Gasteiger partial charge in [-0.15, -0.1) is 10.2 Å². The first-order valence-corrected chi connectivity index (χ1v) is 9.87. The third kappa shape index (κ3) is 3.21. The first-order valence-electron chi connectivity index (χ1n) is 8.99. The number of aromatic nitrogens is 5. The SMILES string of the molecule is C[C@@H](Sc1nnc(C2CCCCC2)n1N)c1nc2ccccc2c(=O)[nH]1. The van der Waals surface area contributed by atoms with Gasteiger partial charge in [0.05, 0.1) is 16.2 Å². The molecule has 1 saturated carbocycles. The third-order valence-electron chi connectivity index (χ3n) is 4.96. The summed E-state index contributed by atoms with van der Waals surface area (Å²) in [6, 6.07) is 7.33. The molecule has 3 aromatic rings. The van der Waals surface area contributed by atoms with Crippen molar-refractivity contribution in [2.24, 2.45) is 0 Å². The fraction of sp³-hybridized carbons (Fsp3) is 0.444. The van der Waals surface area contributed by atoms with Gasteiger partial charge >= 0.3 is 0 Å². The van der Waals surface area contributed by atoms with Crippen LogP contribution < -0.4 is 11.4 Å². The van der Waals surface area contributed by atoms with Crippen LogP contribution in [-0.4, -0.2) is 24.8 Å². The Balaban J connectivity index is 1.58. The summed E-state index contributed by atoms with van der Waals surface area (Å²) in [6.07, 6.45) is 5.97. The van der Waals surface area contributed by atoms with Crippen LogP contribution in [0.3, 0.4) is 0 Å². The van der Waals surface area contributed by atoms with E-state index in [1.54, 1.807) is 10.7 Å². The molecule has 1 aliphatic carbocycles. The lowest BCUT2D eigenvalue weighted by Crippen LogP contribution is -2.19. The maximum absolute atomic E-state index is 12.3. The maximum Gasteiger partial charge on any atom is 0.258 e. The fourth-order valence-electron chi connectivity index (χ4n) is 3.52. The number of H-pyrrole nitrogens is 1. The van der Waals surface area contributed by atoms with E-state index in [9.17, 15) is 4.79 Å². The lowest BCUT2D eigenvalue weighted by Gasteiger charge is -2.20. The molecule has 0 aliphatic heterocycles. The number of nitrogens with one attached hydrogen (secondary N) is 1. The van der Waals surface area contributed by atoms with Crippen molar-refractivity contribution >= 4 is 22.7 Å². The molecular weight excluding hydrogens is 348 g/mol. The Kier molecular flexibility index (Phi) is 4.67. The van der Waals surface area contributed by atoms with Crippen LogP contribution >= 0.6 is 11.8 Å². The Morgan fingerprint density at radius 2 is 2.00 bits per heavy atom. The van der Waals surface area contributed by atoms with Crippen LogP contribution in [0.1, 0.15) is 61.8 Å². The highest BCUT2D eigenvalue weighted by Crippen LogP contribution is 2.35. The van der Waals surface area contributed by atoms with Gasteiger partial charge < -0.3 is 10.8 Å². The highest BCUT2D eigenvalue weighted by atomic mass is 32.2. The van der Waals surface area contributed by atoms with Crippen molar-refractivity contribution in [3.8, 4) is 0 Å². The minimum atomic E-state index is -0.129. The van der Waals surface area contributed by atoms with E-state index in [1.165, 1.54) is 31.0 Å². The van der Waals surface area contributed by atoms with Gasteiger partial charge in [-0.25, -0.2) is 9.66 Å². The molecule has 3 N–H and O–H groups in total. The summed E-state index contributed by atoms with van der Waals surface area (Å²) in [4.78, 5) is 19.7. The van der Waals surface area contributed by atoms with Gasteiger partial charge in [0.15, 0.2) is 5.82 Å². The monoisotopic (exact) mass is 370 g/mol. The Labute approximate surface area is 155 Å². The summed E-state index contributed by atoms with van der Waals surface area (Å²) >= 11 is 1.46. The molecule has 0 unspecified atom stereocenters. The minimum absolute atomic E-state index is 0.0991. The van der Waals surface area contributed by atoms with Gasteiger partial charge in [-0.3, -0.25) is 4.79 Å². The maximum atomic E-state index is 12.3. The summed E-state index contributed by atoms with van der Waals surface area (Å²) in [7, 11) is 0. The Morgan fingerprint density at radius 3 is 2.81 bits per heavy atom. The number of thioether (sulfide) groups is 1. The molecule has 7 nitrogen and oxygen atoms in total. The zero-order chi connectivity index (χ0) is 18.1. The van der Waals surface area contributed by atoms with Crippen molar-refractivity contribution < 1.29 is 0 Å². The van der Waals surface area contributed by atoms with Crippen LogP contribution in [0.4, 0.5) is 0 Å². The van der Waals surface area contributed by atoms with E-state index in [2.05, 4.69) is 20.2 Å². The lowest BCUT2D eigenvalue weighted by atomic mass is 9.89. The van der Waals surface area contributed by atoms with E-state index in [-0.39, 0.29) is 10.8 Å². The molecule has 0 bridgehead atoms. The Morgan fingerprint density at radius 1 is 1.23 bits per heavy atom. The Hall–Kier alpha value is -2.35. The fourth-order valence-corrected chi connectivity index (χ4v) is 4.35. The predicted octanol–water partition coefficient (Wildman–Crippen LogP) is 3.13. The van der Waals surface area contributed by atoms with Crippen LogP contribution in [0.2, 0.25) is 0 Å². The largest absolute Gasteiger partial charge is 0.336 e. The molecule has 2 heterocycles. The van der Waals surface area contributed by atoms with Gasteiger partial charge in [0.2, 0.25) is 5.16 Å². The molecule has 8 heteroatoms. The average molecular weight is 370 g/mol. The number of nitrogens with zero attached hydrogens (tertiary/aromatic N) is 4. The molecule has 0 radical (unpaired) electrons. The standard InChI is InChI=1S/C18H22N6OS/c1-11(15-20-14-10-6-5-9-13(14)17(25)21-15)26-18-23-22-16(24(18)19)12-7-3-2-4-8-12/h5-6,9-12H,2-4,7-8,19H2,1H3,(H,20,21,25)/t11-/m1/s1. The number of aromatic amines is 1. The topological polar surface area (TPSA) is 102 Å². The van der Waals surface area contributed by atoms with Crippen molar-refractivity contribution in [1.82, 2.24) is 24.8 Å². The number of hydrogen-bond donors (Lipinski definition) is 2. The molecule has 4 rings (SSSR count). The molecule has 1 aromatic carbocycles. The molecule has 0 saturated heterocycles. The summed E-state index contributed by atoms with van der Waals surface area (Å²) < 4.78 is 1.61. The second-order valence-corrected chi connectivity index (χ2v) is 8.08. The van der Waals surface area contributed by atoms with Crippen molar-refractivity contribution in [2.75, 3.05) is 5.84 Å². The van der Waals surface area contributed by atoms with Crippen molar-refractivity contribution in [2.45, 2.75) is 55.4 Å². The number of nitrogens with two attached hydrogens (primary N) is 1. The van der Waals surface area contributed by atoms with Gasteiger partial charge in [-0.1, -0.05) is 43.2 Å². The van der Waals surface area contributed by atoms with Crippen LogP contribution in [0, 0.1) is 0 Å². The normalized spacial score (nSPS) is 16.8. The summed E-state index contributed by atoms with van der Waals surface area (Å²) in [5, 5.41) is 9.74. The second kappa shape index (κ2) is 7.11. The quantitative estimate of drug-likeness (QED) is 0.540. The van der Waals surface area contributed by atoms with Crippen molar-refractivity contribution in [3.05, 3.63) is 46.3 Å². The molecular formula is C18H22N6OS.